The third kappa shape index (κ3) is 18.2. The van der Waals surface area contributed by atoms with Crippen molar-refractivity contribution in [3.8, 4) is 67.4 Å². The van der Waals surface area contributed by atoms with Crippen LogP contribution in [-0.2, 0) is 40.6 Å². The summed E-state index contributed by atoms with van der Waals surface area (Å²) >= 11 is 0. The van der Waals surface area contributed by atoms with Gasteiger partial charge in [-0.2, -0.15) is 35.2 Å². The normalized spacial score (nSPS) is 16.4. The van der Waals surface area contributed by atoms with Crippen molar-refractivity contribution in [1.82, 2.24) is 115 Å². The number of nitrogens with zero attached hydrogens (tertiary/aromatic N) is 25. The van der Waals surface area contributed by atoms with Gasteiger partial charge in [-0.05, 0) is 122 Å². The number of benzene rings is 4. The molecule has 2 aliphatic heterocycles. The van der Waals surface area contributed by atoms with Gasteiger partial charge in [0.05, 0.1) is 52.3 Å². The van der Waals surface area contributed by atoms with Crippen molar-refractivity contribution in [2.24, 2.45) is 37.8 Å². The average molecular weight is 1690 g/mol. The summed E-state index contributed by atoms with van der Waals surface area (Å²) in [6.07, 6.45) is 28.2. The number of piperazine rings is 2. The van der Waals surface area contributed by atoms with Gasteiger partial charge in [0, 0.05) is 165 Å². The first-order chi connectivity index (χ1) is 60.2. The summed E-state index contributed by atoms with van der Waals surface area (Å²) in [6.45, 7) is 23.1. The van der Waals surface area contributed by atoms with E-state index in [1.54, 1.807) is 97.4 Å². The second-order valence-corrected chi connectivity index (χ2v) is 33.7. The molecule has 2 unspecified atom stereocenters. The summed E-state index contributed by atoms with van der Waals surface area (Å²) in [7, 11) is 8.96. The van der Waals surface area contributed by atoms with Crippen LogP contribution in [0.2, 0.25) is 0 Å². The number of amides is 2. The molecule has 35 heteroatoms. The average Bonchev–Trinajstić information content (AvgIpc) is 1.71. The number of rotatable bonds is 21. The third-order valence-electron chi connectivity index (χ3n) is 25.5. The summed E-state index contributed by atoms with van der Waals surface area (Å²) in [6, 6.07) is 34.6. The molecule has 648 valence electrons. The fourth-order valence-electron chi connectivity index (χ4n) is 16.2. The van der Waals surface area contributed by atoms with Gasteiger partial charge in [-0.3, -0.25) is 9.36 Å². The van der Waals surface area contributed by atoms with E-state index in [1.807, 2.05) is 53.5 Å². The highest BCUT2D eigenvalue weighted by Gasteiger charge is 2.47. The van der Waals surface area contributed by atoms with E-state index < -0.39 is 10.8 Å². The monoisotopic (exact) mass is 1690 g/mol. The zero-order valence-corrected chi connectivity index (χ0v) is 72.8. The highest BCUT2D eigenvalue weighted by atomic mass is 16.7. The van der Waals surface area contributed by atoms with E-state index in [9.17, 15) is 4.79 Å². The van der Waals surface area contributed by atoms with Crippen LogP contribution in [0.3, 0.4) is 0 Å². The molecule has 0 spiro atoms. The lowest BCUT2D eigenvalue weighted by atomic mass is 9.62. The summed E-state index contributed by atoms with van der Waals surface area (Å²) in [5.41, 5.74) is 34.9. The van der Waals surface area contributed by atoms with Crippen molar-refractivity contribution < 1.29 is 27.7 Å². The third-order valence-corrected chi connectivity index (χ3v) is 25.5. The van der Waals surface area contributed by atoms with Crippen molar-refractivity contribution in [3.05, 3.63) is 217 Å². The lowest BCUT2D eigenvalue weighted by molar-refractivity contribution is -0.133. The van der Waals surface area contributed by atoms with Crippen molar-refractivity contribution in [3.63, 3.8) is 0 Å². The van der Waals surface area contributed by atoms with Crippen LogP contribution in [0.4, 0.5) is 40.6 Å². The Labute approximate surface area is 724 Å². The molecule has 12 heterocycles. The van der Waals surface area contributed by atoms with Gasteiger partial charge in [-0.25, -0.2) is 44.7 Å². The highest BCUT2D eigenvalue weighted by molar-refractivity contribution is 5.74. The molecule has 0 radical (unpaired) electrons. The van der Waals surface area contributed by atoms with Gasteiger partial charge >= 0.3 is 18.1 Å². The van der Waals surface area contributed by atoms with Crippen LogP contribution in [0.1, 0.15) is 139 Å². The number of hydrogen-bond acceptors (Lipinski definition) is 31. The zero-order valence-electron chi connectivity index (χ0n) is 72.8. The molecule has 4 fully saturated rings. The van der Waals surface area contributed by atoms with E-state index in [-0.39, 0.29) is 52.5 Å². The number of carbonyl (C=O) groups is 1. The SMILES string of the molecule is CC(C)C(C)(c1ccc(-c2cnc(N)nc2)cc1)c1noc(N2CCN(C(=O)N(C)C)CC2)n1.CON1CCN(c2nc(C(C)(c3ccc(-c4cnc(N)nc4)cc3)C(C)C)no2)CC1.Cn1cc(-c2nc([C@@](C)(c3ccc(-c4cnc(N)nc4)cc3)C3CCC3)no2)cn1.Cn1cc(-c2nc([C@](C)(c3ccc(-c4cnc(N)nc4)cc3)C3CCC3)no2)cn1. The van der Waals surface area contributed by atoms with Crippen LogP contribution >= 0.6 is 0 Å². The van der Waals surface area contributed by atoms with E-state index in [0.29, 0.717) is 73.5 Å². The summed E-state index contributed by atoms with van der Waals surface area (Å²) in [4.78, 5) is 76.9. The number of nitrogen functional groups attached to an aromatic ring is 4. The zero-order chi connectivity index (χ0) is 87.9. The molecule has 4 atom stereocenters. The van der Waals surface area contributed by atoms with Gasteiger partial charge in [0.15, 0.2) is 23.3 Å². The first-order valence-electron chi connectivity index (χ1n) is 42.0. The predicted octanol–water partition coefficient (Wildman–Crippen LogP) is 12.9. The Balaban J connectivity index is 0.000000129. The number of aromatic nitrogens is 20. The highest BCUT2D eigenvalue weighted by Crippen LogP contribution is 2.50. The largest absolute Gasteiger partial charge is 0.368 e. The summed E-state index contributed by atoms with van der Waals surface area (Å²) in [5, 5.41) is 27.9. The first kappa shape index (κ1) is 86.1. The quantitative estimate of drug-likeness (QED) is 0.0519. The Hall–Kier alpha value is -13.8. The molecule has 2 amide bonds. The van der Waals surface area contributed by atoms with Crippen molar-refractivity contribution in [1.29, 1.82) is 0 Å². The minimum absolute atomic E-state index is 0.0206. The maximum absolute atomic E-state index is 12.2. The van der Waals surface area contributed by atoms with Gasteiger partial charge in [0.2, 0.25) is 23.8 Å². The van der Waals surface area contributed by atoms with Gasteiger partial charge in [0.1, 0.15) is 0 Å². The van der Waals surface area contributed by atoms with E-state index in [0.717, 1.165) is 130 Å². The molecule has 35 nitrogen and oxygen atoms in total. The number of carbonyl (C=O) groups excluding carboxylic acids is 1. The molecule has 10 aromatic heterocycles. The van der Waals surface area contributed by atoms with E-state index in [1.165, 1.54) is 24.0 Å². The molecule has 14 aromatic rings. The Kier molecular flexibility index (Phi) is 25.3. The molecule has 2 saturated carbocycles. The number of urea groups is 1. The van der Waals surface area contributed by atoms with Gasteiger partial charge < -0.3 is 65.5 Å². The molecule has 8 N–H and O–H groups in total. The van der Waals surface area contributed by atoms with Crippen molar-refractivity contribution >= 4 is 41.9 Å². The van der Waals surface area contributed by atoms with E-state index in [2.05, 4.69) is 216 Å². The van der Waals surface area contributed by atoms with Crippen molar-refractivity contribution in [2.45, 2.75) is 116 Å². The van der Waals surface area contributed by atoms with Crippen LogP contribution in [0.15, 0.2) is 190 Å². The molecule has 125 heavy (non-hydrogen) atoms. The number of aryl methyl sites for hydroxylation is 2. The number of hydrogen-bond donors (Lipinski definition) is 4. The van der Waals surface area contributed by atoms with Crippen LogP contribution in [0.5, 0.6) is 0 Å². The Morgan fingerprint density at radius 2 is 0.704 bits per heavy atom. The summed E-state index contributed by atoms with van der Waals surface area (Å²) < 4.78 is 26.0. The molecule has 4 aliphatic rings. The van der Waals surface area contributed by atoms with E-state index in [4.69, 9.17) is 65.8 Å². The second-order valence-electron chi connectivity index (χ2n) is 33.7. The summed E-state index contributed by atoms with van der Waals surface area (Å²) in [5.74, 6) is 6.27. The molecule has 2 saturated heterocycles. The molecular formula is C90H107N29O6. The standard InChI is InChI=1S/C24H32N8O2.C22H29N7O2.2C22H23N7O/c1-16(2)24(3,19-8-6-17(7-9-19)18-14-26-21(25)27-15-18)20-28-22(34-29-20)31-10-12-32(13-11-31)23(33)30(4)5;1-15(2)22(3,18-7-5-16(6-8-18)17-13-24-20(23)25-14-17)19-26-21(31-27-19)28-9-11-29(30-4)12-10-28;2*1-22(17-4-3-5-17,20-27-19(30-28-20)16-12-26-29(2)13-16)18-8-6-14(7-9-18)15-10-24-21(23)25-11-15/h6-9,14-16H,10-13H2,1-5H3,(H2,25,26,27);5-8,13-15H,9-12H2,1-4H3,(H2,23,24,25);2*6-13,17H,3-5H2,1-2H3,(H2,23,24,25)/t;;2*22-/m..10/s1. The maximum atomic E-state index is 12.2. The van der Waals surface area contributed by atoms with E-state index >= 15 is 0 Å². The van der Waals surface area contributed by atoms with Crippen LogP contribution in [0, 0.1) is 23.7 Å². The molecule has 0 bridgehead atoms. The topological polar surface area (TPSA) is 441 Å². The molecule has 18 rings (SSSR count). The molecular weight excluding hydrogens is 1580 g/mol. The molecule has 4 aromatic carbocycles. The number of anilines is 6. The van der Waals surface area contributed by atoms with Crippen LogP contribution in [0.25, 0.3) is 67.4 Å². The maximum Gasteiger partial charge on any atom is 0.324 e. The predicted molar refractivity (Wildman–Crippen MR) is 473 cm³/mol. The second kappa shape index (κ2) is 36.7. The Morgan fingerprint density at radius 1 is 0.400 bits per heavy atom. The minimum Gasteiger partial charge on any atom is -0.368 e. The Bertz CT molecular complexity index is 5690. The molecule has 2 aliphatic carbocycles. The first-order valence-corrected chi connectivity index (χ1v) is 42.0. The van der Waals surface area contributed by atoms with Crippen molar-refractivity contribution in [2.75, 3.05) is 106 Å². The minimum atomic E-state index is -0.444. The van der Waals surface area contributed by atoms with Gasteiger partial charge in [-0.1, -0.05) is 158 Å². The lowest BCUT2D eigenvalue weighted by Gasteiger charge is -2.41. The van der Waals surface area contributed by atoms with Gasteiger partial charge in [-0.15, -0.1) is 0 Å². The fraction of sp³-hybridized carbons (Fsp3) is 0.389. The number of hydroxylamine groups is 2. The van der Waals surface area contributed by atoms with Crippen LogP contribution < -0.4 is 32.7 Å². The lowest BCUT2D eigenvalue weighted by Crippen LogP contribution is -2.51. The smallest absolute Gasteiger partial charge is 0.324 e. The van der Waals surface area contributed by atoms with Gasteiger partial charge in [0.25, 0.3) is 11.8 Å². The fourth-order valence-corrected chi connectivity index (χ4v) is 16.2. The number of nitrogens with two attached hydrogens (primary N) is 4. The Morgan fingerprint density at radius 3 is 0.976 bits per heavy atom. The van der Waals surface area contributed by atoms with Crippen LogP contribution in [-0.4, -0.2) is 194 Å².